The van der Waals surface area contributed by atoms with Crippen molar-refractivity contribution in [2.24, 2.45) is 5.10 Å². The first-order chi connectivity index (χ1) is 12.2. The van der Waals surface area contributed by atoms with Crippen molar-refractivity contribution >= 4 is 40.8 Å². The second-order valence-corrected chi connectivity index (χ2v) is 5.56. The third-order valence-corrected chi connectivity index (χ3v) is 3.26. The number of benzene rings is 2. The maximum Gasteiger partial charge on any atom is 0.543 e. The van der Waals surface area contributed by atoms with Gasteiger partial charge in [-0.05, 0) is 48.5 Å². The van der Waals surface area contributed by atoms with Gasteiger partial charge in [-0.2, -0.15) is 9.94 Å². The Morgan fingerprint density at radius 2 is 1.50 bits per heavy atom. The van der Waals surface area contributed by atoms with Gasteiger partial charge in [0.2, 0.25) is 0 Å². The van der Waals surface area contributed by atoms with Crippen LogP contribution in [0.2, 0.25) is 10.0 Å². The van der Waals surface area contributed by atoms with Crippen LogP contribution in [0.1, 0.15) is 5.56 Å². The number of nitrogens with one attached hydrogen (secondary N) is 3. The molecule has 11 heteroatoms. The van der Waals surface area contributed by atoms with E-state index < -0.39 is 12.4 Å². The Bertz CT molecular complexity index is 781. The van der Waals surface area contributed by atoms with Gasteiger partial charge < -0.3 is 5.32 Å². The molecule has 0 spiro atoms. The number of hydrogen-bond acceptors (Lipinski definition) is 3. The molecule has 2 amide bonds. The lowest BCUT2D eigenvalue weighted by Gasteiger charge is -2.12. The van der Waals surface area contributed by atoms with E-state index in [0.717, 1.165) is 5.48 Å². The van der Waals surface area contributed by atoms with Crippen LogP contribution in [-0.4, -0.2) is 18.2 Å². The van der Waals surface area contributed by atoms with Crippen LogP contribution >= 0.6 is 23.2 Å². The van der Waals surface area contributed by atoms with Crippen molar-refractivity contribution in [3.8, 4) is 0 Å². The lowest BCUT2D eigenvalue weighted by atomic mass is 10.2. The molecule has 0 radical (unpaired) electrons. The van der Waals surface area contributed by atoms with Crippen LogP contribution in [0, 0.1) is 0 Å². The van der Waals surface area contributed by atoms with Gasteiger partial charge in [-0.25, -0.2) is 15.7 Å². The number of nitrogens with zero attached hydrogens (tertiary/aromatic N) is 1. The molecule has 0 saturated carbocycles. The normalized spacial score (nSPS) is 11.8. The van der Waals surface area contributed by atoms with Crippen molar-refractivity contribution in [1.29, 1.82) is 0 Å². The van der Waals surface area contributed by atoms with E-state index in [0.29, 0.717) is 21.3 Å². The second-order valence-electron chi connectivity index (χ2n) is 4.69. The number of carbonyl (C=O) groups excluding carboxylic acids is 1. The highest BCUT2D eigenvalue weighted by Gasteiger charge is 2.31. The monoisotopic (exact) mass is 406 g/mol. The minimum Gasteiger partial charge on any atom is -0.338 e. The molecule has 0 aliphatic rings. The molecule has 138 valence electrons. The van der Waals surface area contributed by atoms with E-state index in [4.69, 9.17) is 23.2 Å². The molecule has 26 heavy (non-hydrogen) atoms. The lowest BCUT2D eigenvalue weighted by molar-refractivity contribution is -0.343. The van der Waals surface area contributed by atoms with Crippen LogP contribution in [0.5, 0.6) is 0 Å². The van der Waals surface area contributed by atoms with E-state index in [1.165, 1.54) is 0 Å². The topological polar surface area (TPSA) is 74.8 Å². The molecule has 2 aromatic carbocycles. The van der Waals surface area contributed by atoms with Crippen molar-refractivity contribution in [1.82, 2.24) is 10.9 Å². The number of amides is 2. The molecule has 0 fully saturated rings. The van der Waals surface area contributed by atoms with Gasteiger partial charge in [-0.3, -0.25) is 0 Å². The van der Waals surface area contributed by atoms with E-state index in [1.54, 1.807) is 48.5 Å². The minimum absolute atomic E-state index is 0.145. The summed E-state index contributed by atoms with van der Waals surface area (Å²) >= 11 is 11.6. The fourth-order valence-electron chi connectivity index (χ4n) is 1.68. The van der Waals surface area contributed by atoms with Gasteiger partial charge in [0.05, 0.1) is 0 Å². The number of anilines is 1. The zero-order valence-corrected chi connectivity index (χ0v) is 14.3. The molecule has 0 unspecified atom stereocenters. The molecule has 0 saturated heterocycles. The summed E-state index contributed by atoms with van der Waals surface area (Å²) < 4.78 is 35.7. The smallest absolute Gasteiger partial charge is 0.338 e. The van der Waals surface area contributed by atoms with Crippen molar-refractivity contribution in [2.45, 2.75) is 6.36 Å². The van der Waals surface area contributed by atoms with Crippen LogP contribution in [-0.2, 0) is 4.84 Å². The van der Waals surface area contributed by atoms with Crippen LogP contribution in [0.15, 0.2) is 53.6 Å². The van der Waals surface area contributed by atoms with Crippen molar-refractivity contribution in [3.63, 3.8) is 0 Å². The number of hydroxylamine groups is 1. The van der Waals surface area contributed by atoms with E-state index in [9.17, 15) is 18.0 Å². The predicted octanol–water partition coefficient (Wildman–Crippen LogP) is 4.52. The summed E-state index contributed by atoms with van der Waals surface area (Å²) in [5, 5.41) is 7.67. The molecule has 3 N–H and O–H groups in total. The van der Waals surface area contributed by atoms with Crippen LogP contribution in [0.3, 0.4) is 0 Å². The van der Waals surface area contributed by atoms with Gasteiger partial charge in [0.1, 0.15) is 0 Å². The Morgan fingerprint density at radius 3 is 2.04 bits per heavy atom. The number of urea groups is 1. The molecule has 0 aliphatic heterocycles. The first-order valence-electron chi connectivity index (χ1n) is 6.90. The van der Waals surface area contributed by atoms with Gasteiger partial charge in [-0.15, -0.1) is 13.2 Å². The standard InChI is InChI=1S/C15H11Cl2F3N4O2/c16-10-3-1-9(2-4-10)13(21-12-7-5-11(17)6-8-12)22-23-14(25)24-26-15(18,19)20/h1-8H,(H,21,22)(H2,23,24,25). The van der Waals surface area contributed by atoms with Gasteiger partial charge in [0.25, 0.3) is 0 Å². The summed E-state index contributed by atoms with van der Waals surface area (Å²) in [7, 11) is 0. The summed E-state index contributed by atoms with van der Waals surface area (Å²) in [6.07, 6.45) is -5.01. The molecule has 6 nitrogen and oxygen atoms in total. The fourth-order valence-corrected chi connectivity index (χ4v) is 1.93. The zero-order valence-electron chi connectivity index (χ0n) is 12.8. The first-order valence-corrected chi connectivity index (χ1v) is 7.65. The molecular weight excluding hydrogens is 396 g/mol. The Hall–Kier alpha value is -2.49. The van der Waals surface area contributed by atoms with Crippen LogP contribution in [0.4, 0.5) is 23.7 Å². The second kappa shape index (κ2) is 8.75. The number of halogens is 5. The van der Waals surface area contributed by atoms with Gasteiger partial charge in [0.15, 0.2) is 5.84 Å². The van der Waals surface area contributed by atoms with Crippen molar-refractivity contribution in [2.75, 3.05) is 5.32 Å². The summed E-state index contributed by atoms with van der Waals surface area (Å²) in [5.74, 6) is 0.145. The maximum absolute atomic E-state index is 11.9. The molecule has 0 aromatic heterocycles. The Balaban J connectivity index is 2.15. The quantitative estimate of drug-likeness (QED) is 0.397. The lowest BCUT2D eigenvalue weighted by Crippen LogP contribution is -2.37. The third-order valence-electron chi connectivity index (χ3n) is 2.75. The molecule has 0 atom stereocenters. The maximum atomic E-state index is 11.9. The SMILES string of the molecule is O=C(NN=C(Nc1ccc(Cl)cc1)c1ccc(Cl)cc1)NOC(F)(F)F. The summed E-state index contributed by atoms with van der Waals surface area (Å²) in [6.45, 7) is 0. The van der Waals surface area contributed by atoms with Crippen LogP contribution < -0.4 is 16.2 Å². The number of amidine groups is 1. The Labute approximate surface area is 155 Å². The highest BCUT2D eigenvalue weighted by molar-refractivity contribution is 6.31. The zero-order chi connectivity index (χ0) is 19.2. The first kappa shape index (κ1) is 19.8. The average Bonchev–Trinajstić information content (AvgIpc) is 2.58. The Morgan fingerprint density at radius 1 is 0.962 bits per heavy atom. The van der Waals surface area contributed by atoms with Crippen molar-refractivity contribution < 1.29 is 22.8 Å². The number of carbonyl (C=O) groups is 1. The minimum atomic E-state index is -5.01. The highest BCUT2D eigenvalue weighted by atomic mass is 35.5. The summed E-state index contributed by atoms with van der Waals surface area (Å²) in [6, 6.07) is 11.6. The van der Waals surface area contributed by atoms with E-state index in [-0.39, 0.29) is 5.84 Å². The number of hydrazone groups is 1. The summed E-state index contributed by atoms with van der Waals surface area (Å²) in [4.78, 5) is 14.5. The number of hydrogen-bond donors (Lipinski definition) is 3. The molecule has 2 aromatic rings. The molecule has 0 aliphatic carbocycles. The summed E-state index contributed by atoms with van der Waals surface area (Å²) in [5.41, 5.74) is 4.15. The third kappa shape index (κ3) is 6.79. The highest BCUT2D eigenvalue weighted by Crippen LogP contribution is 2.16. The van der Waals surface area contributed by atoms with Gasteiger partial charge in [0, 0.05) is 21.3 Å². The van der Waals surface area contributed by atoms with Gasteiger partial charge in [-0.1, -0.05) is 23.2 Å². The largest absolute Gasteiger partial charge is 0.543 e. The van der Waals surface area contributed by atoms with Crippen LogP contribution in [0.25, 0.3) is 0 Å². The van der Waals surface area contributed by atoms with E-state index in [1.807, 2.05) is 5.43 Å². The van der Waals surface area contributed by atoms with Gasteiger partial charge >= 0.3 is 12.4 Å². The number of rotatable bonds is 4. The molecule has 2 rings (SSSR count). The molecule has 0 heterocycles. The van der Waals surface area contributed by atoms with Crippen molar-refractivity contribution in [3.05, 3.63) is 64.1 Å². The number of alkyl halides is 3. The predicted molar refractivity (Wildman–Crippen MR) is 91.9 cm³/mol. The van der Waals surface area contributed by atoms with E-state index in [2.05, 4.69) is 15.3 Å². The fraction of sp³-hybridized carbons (Fsp3) is 0.0667. The Kier molecular flexibility index (Phi) is 6.67. The molecular formula is C15H11Cl2F3N4O2. The average molecular weight is 407 g/mol. The molecule has 0 bridgehead atoms. The van der Waals surface area contributed by atoms with E-state index >= 15 is 0 Å².